The fraction of sp³-hybridized carbons (Fsp3) is 0.240. The van der Waals surface area contributed by atoms with E-state index in [0.717, 1.165) is 17.3 Å². The van der Waals surface area contributed by atoms with Crippen molar-refractivity contribution in [1.29, 1.82) is 0 Å². The van der Waals surface area contributed by atoms with Crippen LogP contribution in [0.4, 0.5) is 28.9 Å². The standard InChI is InChI=1S/C25H20F4N4O2/c26-17-5-7-18(8-6-17)33-15-16-13-19(14-30-22(16)24(33)35)31-9-11-32(12-10-31)23(34)20-3-1-2-4-21(20)25(27,28)29/h1-8,13-14H,9-12,15H2. The Labute approximate surface area is 198 Å². The highest BCUT2D eigenvalue weighted by molar-refractivity contribution is 6.08. The second kappa shape index (κ2) is 8.68. The molecule has 0 unspecified atom stereocenters. The van der Waals surface area contributed by atoms with Crippen molar-refractivity contribution >= 4 is 23.2 Å². The lowest BCUT2D eigenvalue weighted by atomic mass is 10.1. The molecule has 10 heteroatoms. The number of rotatable bonds is 3. The molecule has 0 bridgehead atoms. The van der Waals surface area contributed by atoms with Crippen LogP contribution >= 0.6 is 0 Å². The van der Waals surface area contributed by atoms with Gasteiger partial charge >= 0.3 is 6.18 Å². The van der Waals surface area contributed by atoms with Crippen molar-refractivity contribution in [2.24, 2.45) is 0 Å². The first kappa shape index (κ1) is 22.8. The summed E-state index contributed by atoms with van der Waals surface area (Å²) >= 11 is 0. The number of benzene rings is 2. The zero-order valence-corrected chi connectivity index (χ0v) is 18.4. The molecule has 1 fully saturated rings. The first-order valence-electron chi connectivity index (χ1n) is 11.0. The maximum absolute atomic E-state index is 13.3. The van der Waals surface area contributed by atoms with E-state index in [1.165, 1.54) is 52.3 Å². The predicted molar refractivity (Wildman–Crippen MR) is 121 cm³/mol. The summed E-state index contributed by atoms with van der Waals surface area (Å²) in [6.45, 7) is 1.63. The van der Waals surface area contributed by atoms with Gasteiger partial charge in [0.05, 0.1) is 29.6 Å². The number of halogens is 4. The van der Waals surface area contributed by atoms with Gasteiger partial charge in [0.25, 0.3) is 11.8 Å². The first-order valence-corrected chi connectivity index (χ1v) is 11.0. The average molecular weight is 484 g/mol. The van der Waals surface area contributed by atoms with Crippen LogP contribution in [0.25, 0.3) is 0 Å². The predicted octanol–water partition coefficient (Wildman–Crippen LogP) is 4.36. The number of aromatic nitrogens is 1. The third-order valence-corrected chi connectivity index (χ3v) is 6.26. The Morgan fingerprint density at radius 2 is 1.60 bits per heavy atom. The monoisotopic (exact) mass is 484 g/mol. The van der Waals surface area contributed by atoms with Crippen molar-refractivity contribution in [3.05, 3.63) is 89.0 Å². The van der Waals surface area contributed by atoms with E-state index in [0.29, 0.717) is 31.0 Å². The summed E-state index contributed by atoms with van der Waals surface area (Å²) in [6.07, 6.45) is -3.02. The van der Waals surface area contributed by atoms with E-state index < -0.39 is 23.5 Å². The van der Waals surface area contributed by atoms with Crippen molar-refractivity contribution < 1.29 is 27.2 Å². The number of piperazine rings is 1. The number of carbonyl (C=O) groups is 2. The highest BCUT2D eigenvalue weighted by Crippen LogP contribution is 2.33. The molecule has 1 saturated heterocycles. The lowest BCUT2D eigenvalue weighted by Crippen LogP contribution is -2.49. The minimum Gasteiger partial charge on any atom is -0.367 e. The summed E-state index contributed by atoms with van der Waals surface area (Å²) < 4.78 is 53.2. The molecule has 2 aliphatic rings. The smallest absolute Gasteiger partial charge is 0.367 e. The van der Waals surface area contributed by atoms with Gasteiger partial charge in [-0.05, 0) is 42.5 Å². The molecule has 5 rings (SSSR count). The molecule has 2 aromatic carbocycles. The number of pyridine rings is 1. The number of carbonyl (C=O) groups excluding carboxylic acids is 2. The number of alkyl halides is 3. The lowest BCUT2D eigenvalue weighted by molar-refractivity contribution is -0.138. The molecule has 0 aliphatic carbocycles. The Hall–Kier alpha value is -3.95. The van der Waals surface area contributed by atoms with Crippen LogP contribution in [0.15, 0.2) is 60.8 Å². The van der Waals surface area contributed by atoms with E-state index >= 15 is 0 Å². The van der Waals surface area contributed by atoms with Crippen molar-refractivity contribution in [2.75, 3.05) is 36.0 Å². The number of hydrogen-bond acceptors (Lipinski definition) is 4. The maximum atomic E-state index is 13.3. The Balaban J connectivity index is 1.28. The van der Waals surface area contributed by atoms with E-state index in [-0.39, 0.29) is 24.6 Å². The second-order valence-electron chi connectivity index (χ2n) is 8.39. The minimum absolute atomic E-state index is 0.253. The van der Waals surface area contributed by atoms with Crippen molar-refractivity contribution in [3.63, 3.8) is 0 Å². The fourth-order valence-corrected chi connectivity index (χ4v) is 4.44. The second-order valence-corrected chi connectivity index (χ2v) is 8.39. The SMILES string of the molecule is O=C(c1ccccc1C(F)(F)F)N1CCN(c2cnc3c(c2)CN(c2ccc(F)cc2)C3=O)CC1. The molecule has 35 heavy (non-hydrogen) atoms. The van der Waals surface area contributed by atoms with Crippen molar-refractivity contribution in [3.8, 4) is 0 Å². The Bertz CT molecular complexity index is 1290. The van der Waals surface area contributed by atoms with Crippen LogP contribution in [-0.2, 0) is 12.7 Å². The van der Waals surface area contributed by atoms with Gasteiger partial charge in [0.2, 0.25) is 0 Å². The maximum Gasteiger partial charge on any atom is 0.417 e. The van der Waals surface area contributed by atoms with Gasteiger partial charge in [-0.1, -0.05) is 12.1 Å². The summed E-state index contributed by atoms with van der Waals surface area (Å²) in [5.41, 5.74) is 1.10. The van der Waals surface area contributed by atoms with Crippen molar-refractivity contribution in [2.45, 2.75) is 12.7 Å². The molecule has 2 amide bonds. The molecular weight excluding hydrogens is 464 g/mol. The van der Waals surface area contributed by atoms with Gasteiger partial charge in [-0.3, -0.25) is 9.59 Å². The molecule has 0 spiro atoms. The number of nitrogens with zero attached hydrogens (tertiary/aromatic N) is 4. The molecule has 0 N–H and O–H groups in total. The van der Waals surface area contributed by atoms with Gasteiger partial charge in [0.1, 0.15) is 11.5 Å². The first-order chi connectivity index (χ1) is 16.7. The summed E-state index contributed by atoms with van der Waals surface area (Å²) in [7, 11) is 0. The number of anilines is 2. The highest BCUT2D eigenvalue weighted by Gasteiger charge is 2.36. The van der Waals surface area contributed by atoms with Crippen molar-refractivity contribution in [1.82, 2.24) is 9.88 Å². The van der Waals surface area contributed by atoms with Crippen LogP contribution in [0.1, 0.15) is 32.0 Å². The normalized spacial score (nSPS) is 16.0. The zero-order chi connectivity index (χ0) is 24.7. The summed E-state index contributed by atoms with van der Waals surface area (Å²) in [4.78, 5) is 34.8. The quantitative estimate of drug-likeness (QED) is 0.519. The van der Waals surface area contributed by atoms with E-state index in [1.807, 2.05) is 11.0 Å². The minimum atomic E-state index is -4.61. The van der Waals surface area contributed by atoms with E-state index in [9.17, 15) is 27.2 Å². The van der Waals surface area contributed by atoms with Gasteiger partial charge < -0.3 is 14.7 Å². The van der Waals surface area contributed by atoms with Gasteiger partial charge in [-0.2, -0.15) is 13.2 Å². The van der Waals surface area contributed by atoms with Gasteiger partial charge in [0, 0.05) is 37.4 Å². The van der Waals surface area contributed by atoms with Crippen LogP contribution in [0.2, 0.25) is 0 Å². The summed E-state index contributed by atoms with van der Waals surface area (Å²) in [6, 6.07) is 12.3. The molecule has 3 heterocycles. The molecule has 0 saturated carbocycles. The summed E-state index contributed by atoms with van der Waals surface area (Å²) in [5, 5.41) is 0. The lowest BCUT2D eigenvalue weighted by Gasteiger charge is -2.36. The number of fused-ring (bicyclic) bond motifs is 1. The van der Waals surface area contributed by atoms with E-state index in [2.05, 4.69) is 4.98 Å². The van der Waals surface area contributed by atoms with Crippen LogP contribution in [-0.4, -0.2) is 47.9 Å². The largest absolute Gasteiger partial charge is 0.417 e. The third-order valence-electron chi connectivity index (χ3n) is 6.26. The van der Waals surface area contributed by atoms with Crippen LogP contribution < -0.4 is 9.80 Å². The van der Waals surface area contributed by atoms with Crippen LogP contribution in [0, 0.1) is 5.82 Å². The Morgan fingerprint density at radius 3 is 2.29 bits per heavy atom. The topological polar surface area (TPSA) is 56.8 Å². The molecular formula is C25H20F4N4O2. The Morgan fingerprint density at radius 1 is 0.914 bits per heavy atom. The molecule has 0 atom stereocenters. The third kappa shape index (κ3) is 4.31. The number of amides is 2. The van der Waals surface area contributed by atoms with Crippen LogP contribution in [0.3, 0.4) is 0 Å². The zero-order valence-electron chi connectivity index (χ0n) is 18.4. The Kier molecular flexibility index (Phi) is 5.66. The molecule has 2 aliphatic heterocycles. The molecule has 1 aromatic heterocycles. The fourth-order valence-electron chi connectivity index (χ4n) is 4.44. The summed E-state index contributed by atoms with van der Waals surface area (Å²) in [5.74, 6) is -1.31. The highest BCUT2D eigenvalue weighted by atomic mass is 19.4. The van der Waals surface area contributed by atoms with Gasteiger partial charge in [-0.25, -0.2) is 9.37 Å². The van der Waals surface area contributed by atoms with Gasteiger partial charge in [-0.15, -0.1) is 0 Å². The molecule has 180 valence electrons. The number of hydrogen-bond donors (Lipinski definition) is 0. The van der Waals surface area contributed by atoms with E-state index in [1.54, 1.807) is 6.20 Å². The van der Waals surface area contributed by atoms with E-state index in [4.69, 9.17) is 0 Å². The molecule has 3 aromatic rings. The molecule has 6 nitrogen and oxygen atoms in total. The van der Waals surface area contributed by atoms with Gasteiger partial charge in [0.15, 0.2) is 0 Å². The average Bonchev–Trinajstić information content (AvgIpc) is 3.19. The molecule has 0 radical (unpaired) electrons. The van der Waals surface area contributed by atoms with Crippen LogP contribution in [0.5, 0.6) is 0 Å².